The molecule has 3 heterocycles. The molecule has 0 bridgehead atoms. The zero-order chi connectivity index (χ0) is 27.2. The molecule has 4 nitrogen and oxygen atoms in total. The second-order valence-electron chi connectivity index (χ2n) is 12.3. The summed E-state index contributed by atoms with van der Waals surface area (Å²) in [7, 11) is -9.80. The smallest absolute Gasteiger partial charge is 0.310 e. The van der Waals surface area contributed by atoms with Crippen LogP contribution < -0.4 is 0 Å². The van der Waals surface area contributed by atoms with E-state index in [4.69, 9.17) is 14.5 Å². The Morgan fingerprint density at radius 2 is 1.58 bits per heavy atom. The van der Waals surface area contributed by atoms with Crippen molar-refractivity contribution in [2.24, 2.45) is 5.41 Å². The highest BCUT2D eigenvalue weighted by atomic mass is 32.5. The Labute approximate surface area is 219 Å². The highest BCUT2D eigenvalue weighted by molar-refractivity contribution is 8.45. The van der Waals surface area contributed by atoms with Gasteiger partial charge in [0.1, 0.15) is 11.0 Å². The van der Waals surface area contributed by atoms with E-state index in [9.17, 15) is 24.5 Å². The summed E-state index contributed by atoms with van der Waals surface area (Å²) >= 11 is 0. The van der Waals surface area contributed by atoms with Gasteiger partial charge in [-0.25, -0.2) is 0 Å². The zero-order valence-electron chi connectivity index (χ0n) is 21.6. The molecule has 6 rings (SSSR count). The van der Waals surface area contributed by atoms with Gasteiger partial charge < -0.3 is 14.6 Å². The topological polar surface area (TPSA) is 51.6 Å². The van der Waals surface area contributed by atoms with Gasteiger partial charge in [-0.3, -0.25) is 4.98 Å². The molecule has 2 aromatic rings. The first-order valence-corrected chi connectivity index (χ1v) is 15.4. The molecule has 1 aromatic heterocycles. The van der Waals surface area contributed by atoms with Crippen LogP contribution in [0.25, 0.3) is 0 Å². The van der Waals surface area contributed by atoms with Crippen LogP contribution in [0, 0.1) is 5.41 Å². The first-order valence-electron chi connectivity index (χ1n) is 13.4. The van der Waals surface area contributed by atoms with Crippen molar-refractivity contribution in [1.29, 1.82) is 0 Å². The van der Waals surface area contributed by atoms with Crippen LogP contribution in [0.2, 0.25) is 0 Å². The summed E-state index contributed by atoms with van der Waals surface area (Å²) in [6.07, 6.45) is 4.66. The number of hydrogen-bond acceptors (Lipinski definition) is 4. The SMILES string of the molecule is CC1(C)Cc2nc(C3CCOCC3)c3c(c2[C@@H](O)C1)C1(CCCC1)O[C@@H]3c1ccc(S(F)(F)(F)(F)F)cc1. The van der Waals surface area contributed by atoms with Crippen LogP contribution in [0.3, 0.4) is 0 Å². The lowest BCUT2D eigenvalue weighted by molar-refractivity contribution is -0.0581. The largest absolute Gasteiger partial charge is 0.388 e. The predicted molar refractivity (Wildman–Crippen MR) is 135 cm³/mol. The van der Waals surface area contributed by atoms with Gasteiger partial charge >= 0.3 is 10.2 Å². The van der Waals surface area contributed by atoms with E-state index in [2.05, 4.69) is 13.8 Å². The monoisotopic (exact) mass is 559 g/mol. The van der Waals surface area contributed by atoms with Gasteiger partial charge in [-0.15, -0.1) is 0 Å². The number of hydrogen-bond donors (Lipinski definition) is 1. The summed E-state index contributed by atoms with van der Waals surface area (Å²) in [6.45, 7) is 5.41. The van der Waals surface area contributed by atoms with Gasteiger partial charge in [-0.2, -0.15) is 0 Å². The molecule has 1 aromatic carbocycles. The van der Waals surface area contributed by atoms with Gasteiger partial charge in [0.25, 0.3) is 0 Å². The average molecular weight is 560 g/mol. The fraction of sp³-hybridized carbons (Fsp3) is 0.607. The molecule has 0 amide bonds. The third-order valence-electron chi connectivity index (χ3n) is 8.81. The highest BCUT2D eigenvalue weighted by Crippen LogP contribution is 3.02. The Kier molecular flexibility index (Phi) is 5.52. The standard InChI is InChI=1S/C28H34F5NO3S/c1-27(2)15-20-22(21(35)16-27)24-23(25(34-20)17-9-13-36-14-10-17)26(37-28(24)11-3-4-12-28)18-5-7-19(8-6-18)38(29,30,31,32)33/h5-8,17,21,26,35H,3-4,9-16H2,1-2H3/t21-,26+/m0/s1. The molecule has 38 heavy (non-hydrogen) atoms. The van der Waals surface area contributed by atoms with Crippen LogP contribution in [-0.2, 0) is 21.5 Å². The number of aliphatic hydroxyl groups excluding tert-OH is 1. The van der Waals surface area contributed by atoms with E-state index < -0.39 is 32.9 Å². The van der Waals surface area contributed by atoms with Crippen LogP contribution in [0.5, 0.6) is 0 Å². The molecule has 2 aliphatic carbocycles. The van der Waals surface area contributed by atoms with E-state index in [1.54, 1.807) is 0 Å². The third-order valence-corrected chi connectivity index (χ3v) is 9.98. The minimum absolute atomic E-state index is 0.0802. The van der Waals surface area contributed by atoms with Gasteiger partial charge in [0.15, 0.2) is 0 Å². The number of fused-ring (bicyclic) bond motifs is 4. The molecule has 2 atom stereocenters. The molecular formula is C28H34F5NO3S. The summed E-state index contributed by atoms with van der Waals surface area (Å²) < 4.78 is 79.7. The van der Waals surface area contributed by atoms with Crippen molar-refractivity contribution < 1.29 is 34.0 Å². The lowest BCUT2D eigenvalue weighted by atomic mass is 9.70. The lowest BCUT2D eigenvalue weighted by Gasteiger charge is -2.40. The molecule has 1 saturated heterocycles. The summed E-state index contributed by atoms with van der Waals surface area (Å²) in [5, 5.41) is 11.4. The van der Waals surface area contributed by atoms with Gasteiger partial charge in [0, 0.05) is 36.0 Å². The molecule has 10 heteroatoms. The summed E-state index contributed by atoms with van der Waals surface area (Å²) in [6, 6.07) is 3.17. The van der Waals surface area contributed by atoms with Gasteiger partial charge in [-0.05, 0) is 67.2 Å². The first-order chi connectivity index (χ1) is 17.6. The van der Waals surface area contributed by atoms with Crippen LogP contribution in [0.1, 0.15) is 111 Å². The number of rotatable bonds is 3. The quantitative estimate of drug-likeness (QED) is 0.383. The molecule has 4 aliphatic rings. The second kappa shape index (κ2) is 7.92. The fourth-order valence-corrected chi connectivity index (χ4v) is 7.81. The average Bonchev–Trinajstić information content (AvgIpc) is 3.42. The van der Waals surface area contributed by atoms with E-state index in [-0.39, 0.29) is 11.3 Å². The Bertz CT molecular complexity index is 1270. The van der Waals surface area contributed by atoms with Crippen molar-refractivity contribution in [3.63, 3.8) is 0 Å². The second-order valence-corrected chi connectivity index (χ2v) is 14.7. The number of aromatic nitrogens is 1. The van der Waals surface area contributed by atoms with E-state index in [0.717, 1.165) is 78.7 Å². The fourth-order valence-electron chi connectivity index (χ4n) is 7.16. The van der Waals surface area contributed by atoms with Gasteiger partial charge in [0.05, 0.1) is 17.4 Å². The van der Waals surface area contributed by atoms with Crippen molar-refractivity contribution >= 4 is 10.2 Å². The molecule has 1 spiro atoms. The normalized spacial score (nSPS) is 28.5. The number of pyridine rings is 1. The Hall–Kier alpha value is -1.75. The van der Waals surface area contributed by atoms with Crippen LogP contribution in [0.15, 0.2) is 29.2 Å². The minimum atomic E-state index is -9.80. The van der Waals surface area contributed by atoms with E-state index in [0.29, 0.717) is 43.8 Å². The van der Waals surface area contributed by atoms with Crippen LogP contribution >= 0.6 is 10.2 Å². The highest BCUT2D eigenvalue weighted by Gasteiger charge is 2.65. The molecule has 1 saturated carbocycles. The maximum Gasteiger partial charge on any atom is 0.310 e. The number of aliphatic hydroxyl groups is 1. The number of ether oxygens (including phenoxy) is 2. The lowest BCUT2D eigenvalue weighted by Crippen LogP contribution is -2.32. The number of nitrogens with zero attached hydrogens (tertiary/aromatic N) is 1. The Balaban J connectivity index is 1.57. The Morgan fingerprint density at radius 3 is 2.18 bits per heavy atom. The predicted octanol–water partition coefficient (Wildman–Crippen LogP) is 8.53. The van der Waals surface area contributed by atoms with Crippen molar-refractivity contribution in [3.8, 4) is 0 Å². The van der Waals surface area contributed by atoms with Crippen LogP contribution in [-0.4, -0.2) is 23.3 Å². The molecule has 210 valence electrons. The van der Waals surface area contributed by atoms with Gasteiger partial charge in [0.2, 0.25) is 0 Å². The molecule has 0 radical (unpaired) electrons. The number of benzene rings is 1. The van der Waals surface area contributed by atoms with Crippen molar-refractivity contribution in [1.82, 2.24) is 4.98 Å². The van der Waals surface area contributed by atoms with Crippen molar-refractivity contribution in [3.05, 3.63) is 57.9 Å². The summed E-state index contributed by atoms with van der Waals surface area (Å²) in [5.41, 5.74) is 3.89. The summed E-state index contributed by atoms with van der Waals surface area (Å²) in [4.78, 5) is 3.27. The van der Waals surface area contributed by atoms with E-state index in [1.807, 2.05) is 0 Å². The molecule has 2 aliphatic heterocycles. The zero-order valence-corrected chi connectivity index (χ0v) is 22.4. The first kappa shape index (κ1) is 26.5. The third kappa shape index (κ3) is 4.45. The number of halogens is 5. The molecule has 2 fully saturated rings. The maximum absolute atomic E-state index is 13.5. The maximum atomic E-state index is 13.5. The van der Waals surface area contributed by atoms with Gasteiger partial charge in [-0.1, -0.05) is 58.3 Å². The molecule has 1 N–H and O–H groups in total. The Morgan fingerprint density at radius 1 is 0.947 bits per heavy atom. The molecule has 0 unspecified atom stereocenters. The molecular weight excluding hydrogens is 525 g/mol. The van der Waals surface area contributed by atoms with Crippen molar-refractivity contribution in [2.75, 3.05) is 13.2 Å². The van der Waals surface area contributed by atoms with Crippen molar-refractivity contribution in [2.45, 2.75) is 93.8 Å². The van der Waals surface area contributed by atoms with E-state index >= 15 is 0 Å². The van der Waals surface area contributed by atoms with E-state index in [1.165, 1.54) is 0 Å². The summed E-state index contributed by atoms with van der Waals surface area (Å²) in [5.74, 6) is 0.0802. The minimum Gasteiger partial charge on any atom is -0.388 e. The van der Waals surface area contributed by atoms with Crippen LogP contribution in [0.4, 0.5) is 19.4 Å².